The van der Waals surface area contributed by atoms with Crippen molar-refractivity contribution in [2.45, 2.75) is 13.5 Å². The summed E-state index contributed by atoms with van der Waals surface area (Å²) in [6.45, 7) is 4.73. The molecule has 0 saturated heterocycles. The molecule has 0 radical (unpaired) electrons. The van der Waals surface area contributed by atoms with Gasteiger partial charge in [-0.1, -0.05) is 12.1 Å². The number of para-hydroxylation sites is 1. The molecule has 0 aliphatic carbocycles. The first-order valence-corrected chi connectivity index (χ1v) is 6.39. The van der Waals surface area contributed by atoms with E-state index >= 15 is 0 Å². The Balaban J connectivity index is 2.12. The molecule has 0 aliphatic rings. The summed E-state index contributed by atoms with van der Waals surface area (Å²) in [5, 5.41) is 0. The molecule has 5 heteroatoms. The minimum atomic E-state index is 0.616. The molecule has 0 fully saturated rings. The Morgan fingerprint density at radius 3 is 2.89 bits per heavy atom. The van der Waals surface area contributed by atoms with Crippen molar-refractivity contribution in [3.63, 3.8) is 0 Å². The van der Waals surface area contributed by atoms with Crippen LogP contribution in [0.4, 0.5) is 0 Å². The number of nitrogens with zero attached hydrogens (tertiary/aromatic N) is 1. The Morgan fingerprint density at radius 1 is 1.28 bits per heavy atom. The first kappa shape index (κ1) is 13.3. The maximum absolute atomic E-state index is 5.49. The Morgan fingerprint density at radius 2 is 2.11 bits per heavy atom. The van der Waals surface area contributed by atoms with E-state index in [1.807, 2.05) is 12.1 Å². The second-order valence-electron chi connectivity index (χ2n) is 4.16. The summed E-state index contributed by atoms with van der Waals surface area (Å²) >= 11 is 5.34. The number of methoxy groups -OCH3 is 1. The van der Waals surface area contributed by atoms with Crippen LogP contribution in [0, 0.1) is 11.7 Å². The zero-order valence-electron chi connectivity index (χ0n) is 10.7. The predicted octanol–water partition coefficient (Wildman–Crippen LogP) is 2.67. The molecule has 0 unspecified atom stereocenters. The van der Waals surface area contributed by atoms with Crippen LogP contribution in [0.3, 0.4) is 0 Å². The maximum atomic E-state index is 5.49. The van der Waals surface area contributed by atoms with Gasteiger partial charge in [0.05, 0.1) is 30.9 Å². The number of hydrogen-bond donors (Lipinski definition) is 1. The molecule has 0 amide bonds. The van der Waals surface area contributed by atoms with E-state index in [1.165, 1.54) is 5.56 Å². The molecule has 4 nitrogen and oxygen atoms in total. The molecular formula is C13H18N2O2S. The first-order valence-electron chi connectivity index (χ1n) is 5.99. The maximum Gasteiger partial charge on any atom is 0.178 e. The predicted molar refractivity (Wildman–Crippen MR) is 74.6 cm³/mol. The molecule has 2 rings (SSSR count). The van der Waals surface area contributed by atoms with Crippen molar-refractivity contribution in [1.29, 1.82) is 0 Å². The summed E-state index contributed by atoms with van der Waals surface area (Å²) in [5.41, 5.74) is 3.46. The molecule has 1 aromatic heterocycles. The van der Waals surface area contributed by atoms with Crippen molar-refractivity contribution in [1.82, 2.24) is 9.55 Å². The van der Waals surface area contributed by atoms with Crippen LogP contribution in [0.5, 0.6) is 0 Å². The van der Waals surface area contributed by atoms with E-state index in [0.29, 0.717) is 19.8 Å². The Kier molecular flexibility index (Phi) is 4.52. The van der Waals surface area contributed by atoms with Gasteiger partial charge in [-0.25, -0.2) is 0 Å². The lowest BCUT2D eigenvalue weighted by Crippen LogP contribution is -2.09. The number of rotatable bonds is 6. The van der Waals surface area contributed by atoms with Crippen LogP contribution in [-0.2, 0) is 16.0 Å². The van der Waals surface area contributed by atoms with E-state index < -0.39 is 0 Å². The molecule has 0 saturated carbocycles. The summed E-state index contributed by atoms with van der Waals surface area (Å²) in [6.07, 6.45) is 0. The van der Waals surface area contributed by atoms with Crippen molar-refractivity contribution < 1.29 is 9.47 Å². The van der Waals surface area contributed by atoms with E-state index in [0.717, 1.165) is 22.3 Å². The lowest BCUT2D eigenvalue weighted by molar-refractivity contribution is 0.0668. The number of fused-ring (bicyclic) bond motifs is 1. The van der Waals surface area contributed by atoms with Crippen molar-refractivity contribution in [2.75, 3.05) is 26.9 Å². The van der Waals surface area contributed by atoms with Gasteiger partial charge in [0.2, 0.25) is 0 Å². The molecule has 0 bridgehead atoms. The van der Waals surface area contributed by atoms with Gasteiger partial charge in [-0.15, -0.1) is 0 Å². The number of nitrogens with one attached hydrogen (secondary N) is 1. The van der Waals surface area contributed by atoms with Crippen molar-refractivity contribution in [3.05, 3.63) is 28.5 Å². The number of H-pyrrole nitrogens is 1. The van der Waals surface area contributed by atoms with Gasteiger partial charge in [0.1, 0.15) is 0 Å². The van der Waals surface area contributed by atoms with Crippen molar-refractivity contribution >= 4 is 23.3 Å². The van der Waals surface area contributed by atoms with E-state index in [1.54, 1.807) is 7.11 Å². The molecule has 0 spiro atoms. The molecule has 2 aromatic rings. The first-order chi connectivity index (χ1) is 8.74. The molecular weight excluding hydrogens is 248 g/mol. The normalized spacial score (nSPS) is 11.2. The van der Waals surface area contributed by atoms with Gasteiger partial charge in [0.25, 0.3) is 0 Å². The highest BCUT2D eigenvalue weighted by Gasteiger charge is 2.06. The van der Waals surface area contributed by atoms with Crippen LogP contribution < -0.4 is 0 Å². The van der Waals surface area contributed by atoms with Gasteiger partial charge in [0, 0.05) is 13.7 Å². The zero-order valence-corrected chi connectivity index (χ0v) is 11.5. The van der Waals surface area contributed by atoms with Gasteiger partial charge < -0.3 is 19.0 Å². The molecule has 0 aliphatic heterocycles. The summed E-state index contributed by atoms with van der Waals surface area (Å²) in [5.74, 6) is 0. The number of benzene rings is 1. The minimum absolute atomic E-state index is 0.616. The summed E-state index contributed by atoms with van der Waals surface area (Å²) in [6, 6.07) is 6.16. The highest BCUT2D eigenvalue weighted by molar-refractivity contribution is 7.71. The Labute approximate surface area is 112 Å². The number of imidazole rings is 1. The van der Waals surface area contributed by atoms with Crippen molar-refractivity contribution in [3.8, 4) is 0 Å². The van der Waals surface area contributed by atoms with Gasteiger partial charge in [0.15, 0.2) is 4.77 Å². The zero-order chi connectivity index (χ0) is 13.0. The summed E-state index contributed by atoms with van der Waals surface area (Å²) in [7, 11) is 1.67. The molecule has 1 aromatic carbocycles. The highest BCUT2D eigenvalue weighted by Crippen LogP contribution is 2.17. The average molecular weight is 266 g/mol. The summed E-state index contributed by atoms with van der Waals surface area (Å²) in [4.78, 5) is 3.22. The monoisotopic (exact) mass is 266 g/mol. The number of aromatic nitrogens is 2. The third kappa shape index (κ3) is 2.80. The molecule has 98 valence electrons. The number of hydrogen-bond acceptors (Lipinski definition) is 3. The summed E-state index contributed by atoms with van der Waals surface area (Å²) < 4.78 is 13.3. The van der Waals surface area contributed by atoms with Gasteiger partial charge in [-0.2, -0.15) is 0 Å². The standard InChI is InChI=1S/C13H18N2O2S/c1-10-4-3-5-11-12(10)15(13(18)14-11)6-7-17-9-8-16-2/h3-5H,6-9H2,1-2H3,(H,14,18). The minimum Gasteiger partial charge on any atom is -0.382 e. The third-order valence-electron chi connectivity index (χ3n) is 2.89. The van der Waals surface area contributed by atoms with E-state index in [4.69, 9.17) is 21.7 Å². The number of ether oxygens (including phenoxy) is 2. The lowest BCUT2D eigenvalue weighted by Gasteiger charge is -2.07. The molecule has 1 heterocycles. The molecule has 1 N–H and O–H groups in total. The fourth-order valence-electron chi connectivity index (χ4n) is 2.02. The largest absolute Gasteiger partial charge is 0.382 e. The number of aromatic amines is 1. The number of aryl methyl sites for hydroxylation is 1. The van der Waals surface area contributed by atoms with E-state index in [-0.39, 0.29) is 0 Å². The second kappa shape index (κ2) is 6.13. The van der Waals surface area contributed by atoms with Gasteiger partial charge in [-0.05, 0) is 30.8 Å². The van der Waals surface area contributed by atoms with E-state index in [2.05, 4.69) is 22.5 Å². The third-order valence-corrected chi connectivity index (χ3v) is 3.21. The topological polar surface area (TPSA) is 39.2 Å². The SMILES string of the molecule is COCCOCCn1c(=S)[nH]c2cccc(C)c21. The van der Waals surface area contributed by atoms with Crippen LogP contribution in [0.2, 0.25) is 0 Å². The van der Waals surface area contributed by atoms with Crippen molar-refractivity contribution in [2.24, 2.45) is 0 Å². The molecule has 0 atom stereocenters. The fourth-order valence-corrected chi connectivity index (χ4v) is 2.31. The quantitative estimate of drug-likeness (QED) is 0.645. The average Bonchev–Trinajstić information content (AvgIpc) is 2.67. The van der Waals surface area contributed by atoms with Crippen LogP contribution in [0.1, 0.15) is 5.56 Å². The highest BCUT2D eigenvalue weighted by atomic mass is 32.1. The smallest absolute Gasteiger partial charge is 0.178 e. The van der Waals surface area contributed by atoms with Gasteiger partial charge >= 0.3 is 0 Å². The van der Waals surface area contributed by atoms with Gasteiger partial charge in [-0.3, -0.25) is 0 Å². The Bertz CT molecular complexity index is 574. The fraction of sp³-hybridized carbons (Fsp3) is 0.462. The van der Waals surface area contributed by atoms with Crippen LogP contribution >= 0.6 is 12.2 Å². The van der Waals surface area contributed by atoms with Crippen LogP contribution in [-0.4, -0.2) is 36.5 Å². The Hall–Kier alpha value is -1.17. The van der Waals surface area contributed by atoms with Crippen LogP contribution in [0.25, 0.3) is 11.0 Å². The molecule has 18 heavy (non-hydrogen) atoms. The second-order valence-corrected chi connectivity index (χ2v) is 4.54. The van der Waals surface area contributed by atoms with Crippen LogP contribution in [0.15, 0.2) is 18.2 Å². The lowest BCUT2D eigenvalue weighted by atomic mass is 10.2. The van der Waals surface area contributed by atoms with E-state index in [9.17, 15) is 0 Å².